The SMILES string of the molecule is O=C(O)C(Cc1c[nH]c2ccc(F)cc12)Nc1ccc2cc(Cl)ccc2n1. The van der Waals surface area contributed by atoms with Crippen LogP contribution in [0.2, 0.25) is 5.02 Å². The first-order valence-electron chi connectivity index (χ1n) is 8.31. The molecule has 4 rings (SSSR count). The molecule has 136 valence electrons. The number of H-pyrrole nitrogens is 1. The number of hydrogen-bond acceptors (Lipinski definition) is 3. The first-order chi connectivity index (χ1) is 13.0. The summed E-state index contributed by atoms with van der Waals surface area (Å²) in [6.07, 6.45) is 1.89. The molecular weight excluding hydrogens is 369 g/mol. The highest BCUT2D eigenvalue weighted by Crippen LogP contribution is 2.23. The summed E-state index contributed by atoms with van der Waals surface area (Å²) >= 11 is 5.97. The van der Waals surface area contributed by atoms with Gasteiger partial charge in [0, 0.05) is 33.9 Å². The third-order valence-corrected chi connectivity index (χ3v) is 4.66. The fourth-order valence-electron chi connectivity index (χ4n) is 3.09. The number of anilines is 1. The maximum absolute atomic E-state index is 13.5. The molecule has 0 amide bonds. The van der Waals surface area contributed by atoms with Gasteiger partial charge in [0.2, 0.25) is 0 Å². The van der Waals surface area contributed by atoms with Crippen LogP contribution in [0.4, 0.5) is 10.2 Å². The average molecular weight is 384 g/mol. The highest BCUT2D eigenvalue weighted by atomic mass is 35.5. The first kappa shape index (κ1) is 17.3. The molecule has 5 nitrogen and oxygen atoms in total. The number of aromatic nitrogens is 2. The Balaban J connectivity index is 1.62. The van der Waals surface area contributed by atoms with Gasteiger partial charge in [-0.2, -0.15) is 0 Å². The molecule has 0 fully saturated rings. The number of carboxylic acid groups (broad SMARTS) is 1. The van der Waals surface area contributed by atoms with Crippen molar-refractivity contribution in [2.24, 2.45) is 0 Å². The van der Waals surface area contributed by atoms with Crippen molar-refractivity contribution in [2.75, 3.05) is 5.32 Å². The van der Waals surface area contributed by atoms with E-state index in [1.54, 1.807) is 36.5 Å². The van der Waals surface area contributed by atoms with E-state index < -0.39 is 12.0 Å². The van der Waals surface area contributed by atoms with E-state index in [9.17, 15) is 14.3 Å². The van der Waals surface area contributed by atoms with Crippen LogP contribution in [0.5, 0.6) is 0 Å². The Morgan fingerprint density at radius 3 is 2.89 bits per heavy atom. The van der Waals surface area contributed by atoms with Crippen molar-refractivity contribution in [2.45, 2.75) is 12.5 Å². The molecule has 0 saturated heterocycles. The van der Waals surface area contributed by atoms with Gasteiger partial charge in [0.05, 0.1) is 5.52 Å². The van der Waals surface area contributed by atoms with E-state index in [0.29, 0.717) is 21.7 Å². The van der Waals surface area contributed by atoms with Gasteiger partial charge in [-0.05, 0) is 54.1 Å². The largest absolute Gasteiger partial charge is 0.480 e. The standard InChI is InChI=1S/C20H15ClFN3O2/c21-13-2-4-16-11(7-13)1-6-19(24-16)25-18(20(26)27)8-12-10-23-17-5-3-14(22)9-15(12)17/h1-7,9-10,18,23H,8H2,(H,24,25)(H,26,27). The lowest BCUT2D eigenvalue weighted by molar-refractivity contribution is -0.137. The zero-order chi connectivity index (χ0) is 19.0. The molecule has 3 N–H and O–H groups in total. The summed E-state index contributed by atoms with van der Waals surface area (Å²) in [5.74, 6) is -0.931. The number of pyridine rings is 1. The van der Waals surface area contributed by atoms with E-state index in [2.05, 4.69) is 15.3 Å². The predicted molar refractivity (Wildman–Crippen MR) is 104 cm³/mol. The fourth-order valence-corrected chi connectivity index (χ4v) is 3.28. The monoisotopic (exact) mass is 383 g/mol. The minimum absolute atomic E-state index is 0.180. The van der Waals surface area contributed by atoms with Gasteiger partial charge < -0.3 is 15.4 Å². The summed E-state index contributed by atoms with van der Waals surface area (Å²) in [6.45, 7) is 0. The minimum atomic E-state index is -1.02. The lowest BCUT2D eigenvalue weighted by atomic mass is 10.0. The van der Waals surface area contributed by atoms with Gasteiger partial charge in [-0.1, -0.05) is 11.6 Å². The molecule has 2 aromatic carbocycles. The summed E-state index contributed by atoms with van der Waals surface area (Å²) in [7, 11) is 0. The van der Waals surface area contributed by atoms with Crippen LogP contribution in [0.25, 0.3) is 21.8 Å². The molecule has 4 aromatic rings. The number of fused-ring (bicyclic) bond motifs is 2. The number of nitrogens with one attached hydrogen (secondary N) is 2. The number of aromatic amines is 1. The molecule has 0 saturated carbocycles. The van der Waals surface area contributed by atoms with E-state index >= 15 is 0 Å². The van der Waals surface area contributed by atoms with E-state index in [1.807, 2.05) is 6.07 Å². The number of halogens is 2. The van der Waals surface area contributed by atoms with Crippen LogP contribution in [-0.4, -0.2) is 27.1 Å². The van der Waals surface area contributed by atoms with Crippen LogP contribution in [-0.2, 0) is 11.2 Å². The first-order valence-corrected chi connectivity index (χ1v) is 8.68. The van der Waals surface area contributed by atoms with Crippen molar-refractivity contribution < 1.29 is 14.3 Å². The maximum atomic E-state index is 13.5. The fraction of sp³-hybridized carbons (Fsp3) is 0.100. The van der Waals surface area contributed by atoms with Gasteiger partial charge in [-0.15, -0.1) is 0 Å². The zero-order valence-electron chi connectivity index (χ0n) is 14.0. The summed E-state index contributed by atoms with van der Waals surface area (Å²) < 4.78 is 13.5. The molecule has 2 heterocycles. The lowest BCUT2D eigenvalue weighted by Gasteiger charge is -2.15. The molecule has 0 aliphatic heterocycles. The smallest absolute Gasteiger partial charge is 0.326 e. The van der Waals surface area contributed by atoms with E-state index in [1.165, 1.54) is 12.1 Å². The number of hydrogen-bond donors (Lipinski definition) is 3. The Morgan fingerprint density at radius 1 is 1.22 bits per heavy atom. The van der Waals surface area contributed by atoms with Crippen LogP contribution >= 0.6 is 11.6 Å². The third kappa shape index (κ3) is 3.57. The van der Waals surface area contributed by atoms with Crippen molar-refractivity contribution in [3.8, 4) is 0 Å². The Morgan fingerprint density at radius 2 is 2.07 bits per heavy atom. The topological polar surface area (TPSA) is 78.0 Å². The molecule has 0 spiro atoms. The predicted octanol–water partition coefficient (Wildman–Crippen LogP) is 4.62. The highest BCUT2D eigenvalue weighted by molar-refractivity contribution is 6.31. The van der Waals surface area contributed by atoms with Gasteiger partial charge in [0.15, 0.2) is 0 Å². The van der Waals surface area contributed by atoms with Crippen molar-refractivity contribution in [1.29, 1.82) is 0 Å². The van der Waals surface area contributed by atoms with Crippen molar-refractivity contribution in [3.63, 3.8) is 0 Å². The summed E-state index contributed by atoms with van der Waals surface area (Å²) in [6, 6.07) is 12.3. The van der Waals surface area contributed by atoms with Crippen LogP contribution < -0.4 is 5.32 Å². The third-order valence-electron chi connectivity index (χ3n) is 4.42. The van der Waals surface area contributed by atoms with Gasteiger partial charge in [-0.3, -0.25) is 0 Å². The van der Waals surface area contributed by atoms with Crippen LogP contribution in [0, 0.1) is 5.82 Å². The van der Waals surface area contributed by atoms with E-state index in [-0.39, 0.29) is 12.2 Å². The average Bonchev–Trinajstić information content (AvgIpc) is 3.03. The molecule has 0 bridgehead atoms. The quantitative estimate of drug-likeness (QED) is 0.470. The van der Waals surface area contributed by atoms with E-state index in [0.717, 1.165) is 16.5 Å². The molecule has 1 atom stereocenters. The highest BCUT2D eigenvalue weighted by Gasteiger charge is 2.20. The lowest BCUT2D eigenvalue weighted by Crippen LogP contribution is -2.31. The number of carboxylic acids is 1. The zero-order valence-corrected chi connectivity index (χ0v) is 14.8. The molecule has 2 aromatic heterocycles. The summed E-state index contributed by atoms with van der Waals surface area (Å²) in [4.78, 5) is 19.2. The van der Waals surface area contributed by atoms with Gasteiger partial charge in [0.1, 0.15) is 17.7 Å². The minimum Gasteiger partial charge on any atom is -0.480 e. The molecular formula is C20H15ClFN3O2. The van der Waals surface area contributed by atoms with E-state index in [4.69, 9.17) is 11.6 Å². The second-order valence-corrected chi connectivity index (χ2v) is 6.71. The summed E-state index contributed by atoms with van der Waals surface area (Å²) in [5.41, 5.74) is 2.19. The summed E-state index contributed by atoms with van der Waals surface area (Å²) in [5, 5.41) is 14.7. The van der Waals surface area contributed by atoms with Gasteiger partial charge in [0.25, 0.3) is 0 Å². The number of rotatable bonds is 5. The van der Waals surface area contributed by atoms with Crippen molar-refractivity contribution in [1.82, 2.24) is 9.97 Å². The molecule has 1 unspecified atom stereocenters. The second-order valence-electron chi connectivity index (χ2n) is 6.28. The van der Waals surface area contributed by atoms with Crippen LogP contribution in [0.1, 0.15) is 5.56 Å². The van der Waals surface area contributed by atoms with Crippen LogP contribution in [0.3, 0.4) is 0 Å². The number of aliphatic carboxylic acids is 1. The van der Waals surface area contributed by atoms with Crippen LogP contribution in [0.15, 0.2) is 54.7 Å². The molecule has 7 heteroatoms. The van der Waals surface area contributed by atoms with Crippen molar-refractivity contribution in [3.05, 3.63) is 71.1 Å². The Kier molecular flexibility index (Phi) is 4.41. The normalized spacial score (nSPS) is 12.4. The number of carbonyl (C=O) groups is 1. The van der Waals surface area contributed by atoms with Gasteiger partial charge in [-0.25, -0.2) is 14.2 Å². The molecule has 0 aliphatic carbocycles. The van der Waals surface area contributed by atoms with Crippen molar-refractivity contribution >= 4 is 45.2 Å². The maximum Gasteiger partial charge on any atom is 0.326 e. The Hall–Kier alpha value is -3.12. The molecule has 0 aliphatic rings. The molecule has 27 heavy (non-hydrogen) atoms. The number of nitrogens with zero attached hydrogens (tertiary/aromatic N) is 1. The second kappa shape index (κ2) is 6.89. The number of benzene rings is 2. The Bertz CT molecular complexity index is 1160. The Labute approximate surface area is 158 Å². The van der Waals surface area contributed by atoms with Gasteiger partial charge >= 0.3 is 5.97 Å². The molecule has 0 radical (unpaired) electrons.